The first-order valence-electron chi connectivity index (χ1n) is 6.11. The predicted octanol–water partition coefficient (Wildman–Crippen LogP) is 4.36. The Balaban J connectivity index is 2.40. The molecule has 0 aliphatic heterocycles. The molecule has 3 nitrogen and oxygen atoms in total. The van der Waals surface area contributed by atoms with Crippen LogP contribution in [-0.4, -0.2) is 12.6 Å². The second-order valence-electron chi connectivity index (χ2n) is 3.98. The van der Waals surface area contributed by atoms with Gasteiger partial charge in [-0.15, -0.1) is 0 Å². The summed E-state index contributed by atoms with van der Waals surface area (Å²) in [5, 5.41) is 0. The molecule has 2 rings (SSSR count). The molecule has 0 aliphatic rings. The summed E-state index contributed by atoms with van der Waals surface area (Å²) in [6.45, 7) is 2.12. The van der Waals surface area contributed by atoms with Crippen LogP contribution in [0.3, 0.4) is 0 Å². The number of hydrogen-bond acceptors (Lipinski definition) is 4. The lowest BCUT2D eigenvalue weighted by molar-refractivity contribution is 0.0522. The minimum Gasteiger partial charge on any atom is -0.462 e. The SMILES string of the molecule is CCOC(=O)c1cccc(N)c1Sc1ccccc1Br. The van der Waals surface area contributed by atoms with Gasteiger partial charge in [0, 0.05) is 20.0 Å². The molecular weight excluding hydrogens is 338 g/mol. The van der Waals surface area contributed by atoms with Crippen molar-refractivity contribution in [2.75, 3.05) is 12.3 Å². The van der Waals surface area contributed by atoms with Gasteiger partial charge in [0.15, 0.2) is 0 Å². The lowest BCUT2D eigenvalue weighted by Gasteiger charge is -2.12. The van der Waals surface area contributed by atoms with Crippen LogP contribution in [-0.2, 0) is 4.74 Å². The van der Waals surface area contributed by atoms with Crippen LogP contribution in [0.25, 0.3) is 0 Å². The number of halogens is 1. The molecule has 0 amide bonds. The van der Waals surface area contributed by atoms with Crippen molar-refractivity contribution in [3.8, 4) is 0 Å². The van der Waals surface area contributed by atoms with Crippen LogP contribution in [0.15, 0.2) is 56.7 Å². The number of esters is 1. The van der Waals surface area contributed by atoms with Gasteiger partial charge in [0.2, 0.25) is 0 Å². The first kappa shape index (κ1) is 14.9. The fourth-order valence-corrected chi connectivity index (χ4v) is 3.18. The summed E-state index contributed by atoms with van der Waals surface area (Å²) in [5.74, 6) is -0.352. The molecule has 0 heterocycles. The second-order valence-corrected chi connectivity index (χ2v) is 5.88. The fraction of sp³-hybridized carbons (Fsp3) is 0.133. The van der Waals surface area contributed by atoms with E-state index in [1.807, 2.05) is 24.3 Å². The molecule has 5 heteroatoms. The maximum atomic E-state index is 12.0. The summed E-state index contributed by atoms with van der Waals surface area (Å²) in [5.41, 5.74) is 7.07. The van der Waals surface area contributed by atoms with Gasteiger partial charge in [-0.2, -0.15) is 0 Å². The molecule has 2 aromatic rings. The highest BCUT2D eigenvalue weighted by Gasteiger charge is 2.16. The normalized spacial score (nSPS) is 10.3. The number of rotatable bonds is 4. The van der Waals surface area contributed by atoms with Gasteiger partial charge >= 0.3 is 5.97 Å². The molecule has 2 N–H and O–H groups in total. The van der Waals surface area contributed by atoms with Crippen LogP contribution in [0, 0.1) is 0 Å². The van der Waals surface area contributed by atoms with E-state index < -0.39 is 0 Å². The molecular formula is C15H14BrNO2S. The first-order valence-corrected chi connectivity index (χ1v) is 7.72. The lowest BCUT2D eigenvalue weighted by atomic mass is 10.2. The van der Waals surface area contributed by atoms with Gasteiger partial charge < -0.3 is 10.5 Å². The predicted molar refractivity (Wildman–Crippen MR) is 85.1 cm³/mol. The van der Waals surface area contributed by atoms with Crippen molar-refractivity contribution in [1.29, 1.82) is 0 Å². The quantitative estimate of drug-likeness (QED) is 0.656. The van der Waals surface area contributed by atoms with E-state index in [0.717, 1.165) is 14.3 Å². The van der Waals surface area contributed by atoms with Gasteiger partial charge in [-0.3, -0.25) is 0 Å². The van der Waals surface area contributed by atoms with E-state index in [-0.39, 0.29) is 5.97 Å². The zero-order valence-electron chi connectivity index (χ0n) is 10.9. The molecule has 0 radical (unpaired) electrons. The van der Waals surface area contributed by atoms with Crippen molar-refractivity contribution in [3.63, 3.8) is 0 Å². The molecule has 20 heavy (non-hydrogen) atoms. The van der Waals surface area contributed by atoms with Gasteiger partial charge in [0.05, 0.1) is 12.2 Å². The number of benzene rings is 2. The summed E-state index contributed by atoms with van der Waals surface area (Å²) < 4.78 is 6.03. The number of nitrogens with two attached hydrogens (primary N) is 1. The van der Waals surface area contributed by atoms with Crippen molar-refractivity contribution in [3.05, 3.63) is 52.5 Å². The Morgan fingerprint density at radius 3 is 2.70 bits per heavy atom. The lowest BCUT2D eigenvalue weighted by Crippen LogP contribution is -2.07. The van der Waals surface area contributed by atoms with Crippen molar-refractivity contribution in [1.82, 2.24) is 0 Å². The Kier molecular flexibility index (Phi) is 5.09. The first-order chi connectivity index (χ1) is 9.63. The number of carbonyl (C=O) groups is 1. The van der Waals surface area contributed by atoms with E-state index in [9.17, 15) is 4.79 Å². The number of hydrogen-bond donors (Lipinski definition) is 1. The Labute approximate surface area is 130 Å². The molecule has 0 bridgehead atoms. The minimum absolute atomic E-state index is 0.340. The van der Waals surface area contributed by atoms with Gasteiger partial charge in [-0.1, -0.05) is 30.0 Å². The molecule has 0 fully saturated rings. The average molecular weight is 352 g/mol. The van der Waals surface area contributed by atoms with E-state index in [1.54, 1.807) is 25.1 Å². The molecule has 0 atom stereocenters. The van der Waals surface area contributed by atoms with E-state index >= 15 is 0 Å². The Morgan fingerprint density at radius 2 is 2.00 bits per heavy atom. The highest BCUT2D eigenvalue weighted by Crippen LogP contribution is 2.38. The zero-order valence-corrected chi connectivity index (χ0v) is 13.3. The molecule has 0 aromatic heterocycles. The van der Waals surface area contributed by atoms with Crippen LogP contribution in [0.1, 0.15) is 17.3 Å². The monoisotopic (exact) mass is 351 g/mol. The largest absolute Gasteiger partial charge is 0.462 e. The van der Waals surface area contributed by atoms with Crippen molar-refractivity contribution in [2.24, 2.45) is 0 Å². The number of anilines is 1. The summed E-state index contributed by atoms with van der Waals surface area (Å²) in [6, 6.07) is 13.1. The van der Waals surface area contributed by atoms with E-state index in [1.165, 1.54) is 11.8 Å². The van der Waals surface area contributed by atoms with Crippen molar-refractivity contribution < 1.29 is 9.53 Å². The third-order valence-electron chi connectivity index (χ3n) is 2.59. The van der Waals surface area contributed by atoms with E-state index in [2.05, 4.69) is 15.9 Å². The highest BCUT2D eigenvalue weighted by atomic mass is 79.9. The summed E-state index contributed by atoms with van der Waals surface area (Å²) >= 11 is 4.94. The fourth-order valence-electron chi connectivity index (χ4n) is 1.68. The summed E-state index contributed by atoms with van der Waals surface area (Å²) in [4.78, 5) is 13.7. The van der Waals surface area contributed by atoms with Crippen molar-refractivity contribution in [2.45, 2.75) is 16.7 Å². The topological polar surface area (TPSA) is 52.3 Å². The Hall–Kier alpha value is -1.46. The summed E-state index contributed by atoms with van der Waals surface area (Å²) in [6.07, 6.45) is 0. The van der Waals surface area contributed by atoms with Gasteiger partial charge in [0.1, 0.15) is 0 Å². The standard InChI is InChI=1S/C15H14BrNO2S/c1-2-19-15(18)10-6-5-8-12(17)14(10)20-13-9-4-3-7-11(13)16/h3-9H,2,17H2,1H3. The summed E-state index contributed by atoms with van der Waals surface area (Å²) in [7, 11) is 0. The van der Waals surface area contributed by atoms with Crippen LogP contribution in [0.4, 0.5) is 5.69 Å². The molecule has 2 aromatic carbocycles. The van der Waals surface area contributed by atoms with Crippen LogP contribution >= 0.6 is 27.7 Å². The third kappa shape index (κ3) is 3.35. The van der Waals surface area contributed by atoms with Crippen LogP contribution in [0.2, 0.25) is 0 Å². The molecule has 0 saturated heterocycles. The van der Waals surface area contributed by atoms with Gasteiger partial charge in [-0.05, 0) is 47.1 Å². The minimum atomic E-state index is -0.352. The highest BCUT2D eigenvalue weighted by molar-refractivity contribution is 9.10. The molecule has 0 saturated carbocycles. The number of nitrogen functional groups attached to an aromatic ring is 1. The van der Waals surface area contributed by atoms with E-state index in [4.69, 9.17) is 10.5 Å². The number of ether oxygens (including phenoxy) is 1. The third-order valence-corrected chi connectivity index (χ3v) is 4.78. The smallest absolute Gasteiger partial charge is 0.339 e. The zero-order chi connectivity index (χ0) is 14.5. The van der Waals surface area contributed by atoms with E-state index in [0.29, 0.717) is 17.9 Å². The number of carbonyl (C=O) groups excluding carboxylic acids is 1. The molecule has 0 unspecified atom stereocenters. The Morgan fingerprint density at radius 1 is 1.25 bits per heavy atom. The van der Waals surface area contributed by atoms with Gasteiger partial charge in [0.25, 0.3) is 0 Å². The van der Waals surface area contributed by atoms with Gasteiger partial charge in [-0.25, -0.2) is 4.79 Å². The van der Waals surface area contributed by atoms with Crippen LogP contribution < -0.4 is 5.73 Å². The van der Waals surface area contributed by atoms with Crippen molar-refractivity contribution >= 4 is 39.3 Å². The maximum absolute atomic E-state index is 12.0. The maximum Gasteiger partial charge on any atom is 0.339 e. The Bertz CT molecular complexity index is 631. The molecule has 0 spiro atoms. The van der Waals surface area contributed by atoms with Crippen LogP contribution in [0.5, 0.6) is 0 Å². The second kappa shape index (κ2) is 6.81. The molecule has 104 valence electrons. The average Bonchev–Trinajstić information content (AvgIpc) is 2.43. The molecule has 0 aliphatic carbocycles.